The number of carbonyl (C=O) groups excluding carboxylic acids is 2. The summed E-state index contributed by atoms with van der Waals surface area (Å²) in [6.07, 6.45) is 4.10. The van der Waals surface area contributed by atoms with Crippen molar-refractivity contribution in [3.63, 3.8) is 0 Å². The average molecular weight is 339 g/mol. The first kappa shape index (κ1) is 17.9. The van der Waals surface area contributed by atoms with Crippen LogP contribution in [0, 0.1) is 6.92 Å². The molecule has 0 unspecified atom stereocenters. The summed E-state index contributed by atoms with van der Waals surface area (Å²) in [6.45, 7) is 3.18. The Morgan fingerprint density at radius 3 is 2.44 bits per heavy atom. The maximum absolute atomic E-state index is 12.2. The molecule has 2 aromatic rings. The molecule has 7 heteroatoms. The predicted octanol–water partition coefficient (Wildman–Crippen LogP) is 1.24. The molecule has 2 amide bonds. The number of nitrogens with one attached hydrogen (secondary N) is 2. The number of carbonyl (C=O) groups is 2. The zero-order valence-electron chi connectivity index (χ0n) is 13.9. The van der Waals surface area contributed by atoms with Crippen molar-refractivity contribution in [2.24, 2.45) is 0 Å². The van der Waals surface area contributed by atoms with Crippen LogP contribution in [0.3, 0.4) is 0 Å². The Morgan fingerprint density at radius 2 is 1.84 bits per heavy atom. The van der Waals surface area contributed by atoms with E-state index in [2.05, 4.69) is 15.6 Å². The minimum absolute atomic E-state index is 0.0226. The SMILES string of the molecule is C/C(O)=C(/C=[NH2+])C(=O)Nc1cc(NC(=O)c2ccncc2)ccc1C. The molecule has 0 saturated carbocycles. The van der Waals surface area contributed by atoms with Crippen LogP contribution < -0.4 is 16.0 Å². The van der Waals surface area contributed by atoms with E-state index in [1.54, 1.807) is 30.3 Å². The van der Waals surface area contributed by atoms with Gasteiger partial charge in [0.1, 0.15) is 11.3 Å². The Labute approximate surface area is 144 Å². The van der Waals surface area contributed by atoms with Gasteiger partial charge in [-0.3, -0.25) is 20.0 Å². The minimum Gasteiger partial charge on any atom is -0.512 e. The van der Waals surface area contributed by atoms with Crippen LogP contribution in [0.4, 0.5) is 11.4 Å². The fourth-order valence-corrected chi connectivity index (χ4v) is 2.09. The molecule has 0 saturated heterocycles. The van der Waals surface area contributed by atoms with Crippen LogP contribution in [0.5, 0.6) is 0 Å². The number of rotatable bonds is 5. The van der Waals surface area contributed by atoms with E-state index >= 15 is 0 Å². The highest BCUT2D eigenvalue weighted by molar-refractivity contribution is 6.17. The Kier molecular flexibility index (Phi) is 5.62. The molecule has 1 aromatic heterocycles. The second-order valence-electron chi connectivity index (χ2n) is 5.34. The number of nitrogens with zero attached hydrogens (tertiary/aromatic N) is 1. The third-order valence-corrected chi connectivity index (χ3v) is 3.49. The first-order valence-electron chi connectivity index (χ1n) is 7.50. The molecule has 0 bridgehead atoms. The van der Waals surface area contributed by atoms with E-state index in [9.17, 15) is 14.7 Å². The molecule has 0 radical (unpaired) electrons. The van der Waals surface area contributed by atoms with Gasteiger partial charge in [0.2, 0.25) is 0 Å². The summed E-state index contributed by atoms with van der Waals surface area (Å²) in [5.74, 6) is -1.01. The molecule has 1 heterocycles. The van der Waals surface area contributed by atoms with Crippen LogP contribution in [0.2, 0.25) is 0 Å². The maximum Gasteiger partial charge on any atom is 0.265 e. The van der Waals surface area contributed by atoms with E-state index in [1.807, 2.05) is 6.92 Å². The molecule has 0 aliphatic heterocycles. The zero-order chi connectivity index (χ0) is 18.4. The Morgan fingerprint density at radius 1 is 1.16 bits per heavy atom. The molecule has 1 aromatic carbocycles. The van der Waals surface area contributed by atoms with E-state index in [-0.39, 0.29) is 17.2 Å². The van der Waals surface area contributed by atoms with Crippen molar-refractivity contribution < 1.29 is 20.1 Å². The smallest absolute Gasteiger partial charge is 0.265 e. The molecule has 25 heavy (non-hydrogen) atoms. The largest absolute Gasteiger partial charge is 0.512 e. The number of aromatic nitrogens is 1. The van der Waals surface area contributed by atoms with Gasteiger partial charge in [0.15, 0.2) is 6.21 Å². The summed E-state index contributed by atoms with van der Waals surface area (Å²) in [5.41, 5.74) is 2.26. The van der Waals surface area contributed by atoms with Crippen molar-refractivity contribution in [1.29, 1.82) is 0 Å². The fraction of sp³-hybridized carbons (Fsp3) is 0.111. The highest BCUT2D eigenvalue weighted by Gasteiger charge is 2.15. The van der Waals surface area contributed by atoms with Crippen molar-refractivity contribution in [2.45, 2.75) is 13.8 Å². The molecule has 0 fully saturated rings. The van der Waals surface area contributed by atoms with Crippen molar-refractivity contribution in [3.8, 4) is 0 Å². The summed E-state index contributed by atoms with van der Waals surface area (Å²) in [6, 6.07) is 8.33. The molecule has 5 N–H and O–H groups in total. The molecule has 0 aliphatic rings. The van der Waals surface area contributed by atoms with Gasteiger partial charge in [0.25, 0.3) is 11.8 Å². The Bertz CT molecular complexity index is 841. The second-order valence-corrected chi connectivity index (χ2v) is 5.34. The van der Waals surface area contributed by atoms with Gasteiger partial charge in [-0.1, -0.05) is 6.07 Å². The predicted molar refractivity (Wildman–Crippen MR) is 95.3 cm³/mol. The lowest BCUT2D eigenvalue weighted by Gasteiger charge is -2.11. The number of nitrogens with two attached hydrogens (primary N) is 1. The summed E-state index contributed by atoms with van der Waals surface area (Å²) in [7, 11) is 0. The Balaban J connectivity index is 2.20. The van der Waals surface area contributed by atoms with E-state index in [0.717, 1.165) is 11.8 Å². The highest BCUT2D eigenvalue weighted by Crippen LogP contribution is 2.21. The lowest BCUT2D eigenvalue weighted by molar-refractivity contribution is -0.115. The molecular formula is C18H19N4O3+. The third-order valence-electron chi connectivity index (χ3n) is 3.49. The summed E-state index contributed by atoms with van der Waals surface area (Å²) in [5, 5.41) is 20.3. The van der Waals surface area contributed by atoms with Crippen LogP contribution >= 0.6 is 0 Å². The van der Waals surface area contributed by atoms with Crippen LogP contribution in [0.15, 0.2) is 54.1 Å². The van der Waals surface area contributed by atoms with Gasteiger partial charge >= 0.3 is 0 Å². The summed E-state index contributed by atoms with van der Waals surface area (Å²) < 4.78 is 0. The number of pyridine rings is 1. The number of aliphatic hydroxyl groups excluding tert-OH is 1. The van der Waals surface area contributed by atoms with Crippen molar-refractivity contribution in [3.05, 3.63) is 65.2 Å². The molecule has 7 nitrogen and oxygen atoms in total. The van der Waals surface area contributed by atoms with E-state index in [4.69, 9.17) is 5.41 Å². The van der Waals surface area contributed by atoms with Crippen molar-refractivity contribution in [1.82, 2.24) is 4.98 Å². The molecule has 0 spiro atoms. The van der Waals surface area contributed by atoms with Gasteiger partial charge < -0.3 is 15.7 Å². The van der Waals surface area contributed by atoms with Crippen molar-refractivity contribution >= 4 is 29.4 Å². The van der Waals surface area contributed by atoms with Gasteiger partial charge in [-0.15, -0.1) is 0 Å². The van der Waals surface area contributed by atoms with E-state index in [0.29, 0.717) is 16.9 Å². The van der Waals surface area contributed by atoms with Gasteiger partial charge in [-0.05, 0) is 43.7 Å². The standard InChI is InChI=1S/C18H18N4O3/c1-11-3-4-14(21-17(24)13-5-7-20-8-6-13)9-16(11)22-18(25)15(10-19)12(2)23/h3-10,19,23H,1-2H3,(H,21,24)(H,22,25)/p+1/b15-12+,19-10?. The monoisotopic (exact) mass is 339 g/mol. The quantitative estimate of drug-likeness (QED) is 0.372. The number of allylic oxidation sites excluding steroid dienone is 1. The minimum atomic E-state index is -0.539. The summed E-state index contributed by atoms with van der Waals surface area (Å²) >= 11 is 0. The van der Waals surface area contributed by atoms with Gasteiger partial charge in [-0.2, -0.15) is 0 Å². The lowest BCUT2D eigenvalue weighted by Crippen LogP contribution is -2.34. The first-order valence-corrected chi connectivity index (χ1v) is 7.50. The number of anilines is 2. The molecular weight excluding hydrogens is 320 g/mol. The molecule has 0 aliphatic carbocycles. The maximum atomic E-state index is 12.2. The second kappa shape index (κ2) is 7.87. The van der Waals surface area contributed by atoms with Gasteiger partial charge in [0, 0.05) is 29.3 Å². The number of amides is 2. The zero-order valence-corrected chi connectivity index (χ0v) is 13.9. The van der Waals surface area contributed by atoms with E-state index < -0.39 is 5.91 Å². The van der Waals surface area contributed by atoms with Crippen molar-refractivity contribution in [2.75, 3.05) is 10.6 Å². The fourth-order valence-electron chi connectivity index (χ4n) is 2.09. The average Bonchev–Trinajstić information content (AvgIpc) is 2.59. The third kappa shape index (κ3) is 4.51. The molecule has 128 valence electrons. The van der Waals surface area contributed by atoms with Gasteiger partial charge in [-0.25, -0.2) is 0 Å². The lowest BCUT2D eigenvalue weighted by atomic mass is 10.1. The normalized spacial score (nSPS) is 11.3. The number of hydrogen-bond donors (Lipinski definition) is 4. The van der Waals surface area contributed by atoms with Crippen LogP contribution in [0.25, 0.3) is 0 Å². The number of benzene rings is 1. The number of aliphatic hydroxyl groups is 1. The van der Waals surface area contributed by atoms with E-state index in [1.165, 1.54) is 19.3 Å². The Hall–Kier alpha value is -3.48. The molecule has 0 atom stereocenters. The first-order chi connectivity index (χ1) is 11.9. The molecule has 2 rings (SSSR count). The van der Waals surface area contributed by atoms with Crippen LogP contribution in [0.1, 0.15) is 22.8 Å². The van der Waals surface area contributed by atoms with Gasteiger partial charge in [0.05, 0.1) is 0 Å². The topological polar surface area (TPSA) is 117 Å². The summed E-state index contributed by atoms with van der Waals surface area (Å²) in [4.78, 5) is 28.2. The number of hydrogen-bond acceptors (Lipinski definition) is 4. The highest BCUT2D eigenvalue weighted by atomic mass is 16.3. The van der Waals surface area contributed by atoms with Crippen LogP contribution in [-0.4, -0.2) is 28.1 Å². The number of aryl methyl sites for hydroxylation is 1. The van der Waals surface area contributed by atoms with Crippen LogP contribution in [-0.2, 0) is 4.79 Å².